The van der Waals surface area contributed by atoms with Crippen LogP contribution in [0.15, 0.2) is 147 Å². The van der Waals surface area contributed by atoms with Crippen molar-refractivity contribution in [2.24, 2.45) is 0 Å². The molecule has 133 heavy (non-hydrogen) atoms. The average Bonchev–Trinajstić information content (AvgIpc) is 1.61. The number of nitrogen functional groups attached to an aromatic ring is 3. The number of phosphoric ester groups is 4. The number of unbranched alkanes of at least 4 members (excludes halogenated alkanes) is 3. The van der Waals surface area contributed by atoms with E-state index in [-0.39, 0.29) is 89.1 Å². The number of phenols is 2. The summed E-state index contributed by atoms with van der Waals surface area (Å²) in [4.78, 5) is 137. The zero-order chi connectivity index (χ0) is 96.2. The van der Waals surface area contributed by atoms with Crippen LogP contribution in [0.1, 0.15) is 149 Å². The van der Waals surface area contributed by atoms with Crippen molar-refractivity contribution in [1.29, 1.82) is 0 Å². The van der Waals surface area contributed by atoms with E-state index in [0.29, 0.717) is 159 Å². The van der Waals surface area contributed by atoms with Crippen molar-refractivity contribution < 1.29 is 114 Å². The van der Waals surface area contributed by atoms with E-state index >= 15 is 0 Å². The molecule has 0 saturated carbocycles. The third-order valence-corrected chi connectivity index (χ3v) is 22.7. The highest BCUT2D eigenvalue weighted by molar-refractivity contribution is 7.47. The molecule has 19 N–H and O–H groups in total. The van der Waals surface area contributed by atoms with Crippen molar-refractivity contribution in [3.05, 3.63) is 198 Å². The maximum absolute atomic E-state index is 11.8. The van der Waals surface area contributed by atoms with E-state index in [4.69, 9.17) is 64.5 Å². The molecule has 39 nitrogen and oxygen atoms in total. The molecule has 43 heteroatoms. The largest absolute Gasteiger partial charge is 0.524 e. The maximum atomic E-state index is 11.8. The summed E-state index contributed by atoms with van der Waals surface area (Å²) >= 11 is 0. The van der Waals surface area contributed by atoms with Crippen LogP contribution < -0.4 is 51.2 Å². The number of nitrogens with one attached hydrogen (secondary N) is 3. The summed E-state index contributed by atoms with van der Waals surface area (Å²) in [6.07, 6.45) is 17.5. The van der Waals surface area contributed by atoms with E-state index in [9.17, 15) is 82.0 Å². The first-order valence-electron chi connectivity index (χ1n) is 43.4. The Bertz CT molecular complexity index is 6330. The van der Waals surface area contributed by atoms with Gasteiger partial charge in [-0.1, -0.05) is 78.0 Å². The number of aryl methyl sites for hydroxylation is 6. The molecule has 3 amide bonds. The van der Waals surface area contributed by atoms with Gasteiger partial charge in [0.05, 0.1) is 52.7 Å². The molecule has 0 aliphatic rings. The molecule has 0 spiro atoms. The number of carbonyl (C=O) groups excluding carboxylic acids is 3. The van der Waals surface area contributed by atoms with Gasteiger partial charge in [-0.2, -0.15) is 0 Å². The first-order valence-corrected chi connectivity index (χ1v) is 49.5. The van der Waals surface area contributed by atoms with Crippen LogP contribution in [-0.4, -0.2) is 170 Å². The SMILES string of the molecule is C=CC(=O)NCCCOCCCc1ccc2nc(N)c3nc(CCCC)n(Cc4cc(O)ccc4OP(=O)(O)O)c3c2c1.C=CC(=O)NCCCOCCCc1ccc2nc(N)c3nc(CCCC)n(Cc4cc(OP(=O)(O)O)ccc4O)c3c2c1.C=CC(=O)NCCCOCCCc1ccc2nc(N)c3nc(CCCC)n(Cc4cc(OP(=O)(O)O)ccc4OP(=O)(O)O)c3c2c1. The lowest BCUT2D eigenvalue weighted by atomic mass is 10.1. The molecule has 0 fully saturated rings. The molecule has 0 radical (unpaired) electrons. The summed E-state index contributed by atoms with van der Waals surface area (Å²) < 4.78 is 88.8. The van der Waals surface area contributed by atoms with Crippen LogP contribution in [0, 0.1) is 0 Å². The molecule has 0 bridgehead atoms. The number of ether oxygens (including phenoxy) is 3. The second-order valence-electron chi connectivity index (χ2n) is 31.2. The van der Waals surface area contributed by atoms with Gasteiger partial charge in [0.2, 0.25) is 17.7 Å². The van der Waals surface area contributed by atoms with E-state index in [1.54, 1.807) is 0 Å². The van der Waals surface area contributed by atoms with Gasteiger partial charge >= 0.3 is 31.3 Å². The number of nitrogens with zero attached hydrogens (tertiary/aromatic N) is 9. The van der Waals surface area contributed by atoms with Crippen LogP contribution in [0.5, 0.6) is 34.5 Å². The Morgan fingerprint density at radius 3 is 1.02 bits per heavy atom. The number of hydrogen-bond donors (Lipinski definition) is 16. The van der Waals surface area contributed by atoms with E-state index in [0.717, 1.165) is 139 Å². The Hall–Kier alpha value is -11.7. The summed E-state index contributed by atoms with van der Waals surface area (Å²) in [6.45, 7) is 21.6. The first kappa shape index (κ1) is 103. The molecule has 12 aromatic rings. The highest BCUT2D eigenvalue weighted by atomic mass is 31.2. The summed E-state index contributed by atoms with van der Waals surface area (Å²) in [5, 5.41) is 31.4. The van der Waals surface area contributed by atoms with Gasteiger partial charge in [0, 0.05) is 111 Å². The fourth-order valence-corrected chi connectivity index (χ4v) is 16.4. The number of carbonyl (C=O) groups is 3. The van der Waals surface area contributed by atoms with Gasteiger partial charge in [-0.15, -0.1) is 0 Å². The third kappa shape index (κ3) is 30.9. The van der Waals surface area contributed by atoms with E-state index in [1.165, 1.54) is 66.8 Å². The van der Waals surface area contributed by atoms with E-state index in [2.05, 4.69) is 76.6 Å². The average molecular weight is 1910 g/mol. The molecule has 0 unspecified atom stereocenters. The zero-order valence-corrected chi connectivity index (χ0v) is 77.8. The number of rotatable bonds is 50. The number of anilines is 3. The van der Waals surface area contributed by atoms with E-state index < -0.39 is 31.3 Å². The van der Waals surface area contributed by atoms with Gasteiger partial charge in [-0.05, 0) is 203 Å². The second kappa shape index (κ2) is 48.8. The normalized spacial score (nSPS) is 11.8. The predicted octanol–water partition coefficient (Wildman–Crippen LogP) is 12.9. The Labute approximate surface area is 767 Å². The molecule has 0 atom stereocenters. The van der Waals surface area contributed by atoms with Crippen LogP contribution in [0.2, 0.25) is 0 Å². The van der Waals surface area contributed by atoms with Gasteiger partial charge in [0.15, 0.2) is 17.5 Å². The molecule has 12 rings (SSSR count). The fraction of sp³-hybridized carbons (Fsp3) is 0.367. The van der Waals surface area contributed by atoms with Crippen molar-refractivity contribution in [3.8, 4) is 34.5 Å². The molecule has 0 aliphatic heterocycles. The number of benzene rings is 6. The van der Waals surface area contributed by atoms with Gasteiger partial charge in [-0.25, -0.2) is 48.2 Å². The highest BCUT2D eigenvalue weighted by Crippen LogP contribution is 2.46. The van der Waals surface area contributed by atoms with Gasteiger partial charge in [0.25, 0.3) is 0 Å². The Balaban J connectivity index is 0.000000207. The molecule has 6 aromatic heterocycles. The summed E-state index contributed by atoms with van der Waals surface area (Å²) in [5.74, 6) is 1.70. The predicted molar refractivity (Wildman–Crippen MR) is 506 cm³/mol. The number of aromatic hydroxyl groups is 2. The van der Waals surface area contributed by atoms with Crippen molar-refractivity contribution >= 4 is 132 Å². The smallest absolute Gasteiger partial charge is 0.508 e. The number of phosphoric acid groups is 4. The number of aromatic nitrogens is 9. The van der Waals surface area contributed by atoms with Gasteiger partial charge in [-0.3, -0.25) is 53.5 Å². The number of fused-ring (bicyclic) bond motifs is 9. The molecule has 0 aliphatic carbocycles. The van der Waals surface area contributed by atoms with Crippen molar-refractivity contribution in [2.45, 2.75) is 156 Å². The summed E-state index contributed by atoms with van der Waals surface area (Å²) in [5.41, 5.74) is 29.0. The first-order chi connectivity index (χ1) is 63.5. The number of hydrogen-bond acceptors (Lipinski definition) is 25. The number of phenolic OH excluding ortho intramolecular Hbond substituents is 2. The second-order valence-corrected chi connectivity index (χ2v) is 35.8. The summed E-state index contributed by atoms with van der Waals surface area (Å²) in [7, 11) is -19.6. The Morgan fingerprint density at radius 1 is 0.376 bits per heavy atom. The number of amides is 3. The number of nitrogens with two attached hydrogens (primary N) is 3. The number of pyridine rings is 3. The molecule has 6 aromatic carbocycles. The zero-order valence-electron chi connectivity index (χ0n) is 74.2. The van der Waals surface area contributed by atoms with Gasteiger partial charge < -0.3 is 89.4 Å². The molecular weight excluding hydrogens is 1800 g/mol. The molecule has 6 heterocycles. The maximum Gasteiger partial charge on any atom is 0.524 e. The van der Waals surface area contributed by atoms with Crippen molar-refractivity contribution in [3.63, 3.8) is 0 Å². The lowest BCUT2D eigenvalue weighted by Crippen LogP contribution is -2.22. The topological polar surface area (TPSA) is 593 Å². The van der Waals surface area contributed by atoms with Crippen molar-refractivity contribution in [2.75, 3.05) is 76.5 Å². The lowest BCUT2D eigenvalue weighted by Gasteiger charge is -2.17. The minimum absolute atomic E-state index is 0.0375. The highest BCUT2D eigenvalue weighted by Gasteiger charge is 2.29. The van der Waals surface area contributed by atoms with Crippen LogP contribution >= 0.6 is 31.3 Å². The van der Waals surface area contributed by atoms with Crippen molar-refractivity contribution in [1.82, 2.24) is 59.6 Å². The Morgan fingerprint density at radius 2 is 0.684 bits per heavy atom. The number of imidazole rings is 3. The quantitative estimate of drug-likeness (QED) is 0.00956. The van der Waals surface area contributed by atoms with Crippen LogP contribution in [0.4, 0.5) is 17.5 Å². The lowest BCUT2D eigenvalue weighted by molar-refractivity contribution is -0.117. The molecule has 0 saturated heterocycles. The monoisotopic (exact) mass is 1910 g/mol. The molecule has 714 valence electrons. The summed E-state index contributed by atoms with van der Waals surface area (Å²) in [6, 6.07) is 29.5. The van der Waals surface area contributed by atoms with Crippen LogP contribution in [0.3, 0.4) is 0 Å². The standard InChI is InChI=1S/C30H39N5O10P2.2C30H38N5O7P/c1-3-5-9-26-34-28-29(35(26)19-21-18-22(44-46(37,38)39)11-13-25(21)45-47(40,41)42)23-17-20(10-12-24(23)33-30(28)31)8-6-15-43-16-7-14-32-27(36)4-2;1-3-5-9-26-34-28-29(35(26)19-21-18-22(11-13-25(21)36)42-43(38,39)40)23-17-20(10-12-24(23)33-30(28)31)8-6-15-41-16-7-14-32-27(37)4-2;1-3-5-9-26-34-28-29(35(26)19-21-18-22(36)11-13-25(21)42-43(38,39)40)23-17-20(10-12-24(23)33-30(28)31)8-6-15-41-16-7-14-32-27(37)4-2/h4,10-13,17-18H,2-3,5-9,14-16,19H2,1H3,(H2,31,33)(H,32,36)(H2,37,38,39)(H2,40,41,42);2*4,10-13,17-18,36H,2-3,5-9,14-16,19H2,1H3,(H2,31,33)(H,32,37)(H2,38,39,40). The fourth-order valence-electron chi connectivity index (χ4n) is 14.8. The van der Waals surface area contributed by atoms with Crippen LogP contribution in [0.25, 0.3) is 65.8 Å². The molecular formula is C90H115N15O24P4. The van der Waals surface area contributed by atoms with Gasteiger partial charge in [0.1, 0.15) is 68.5 Å². The third-order valence-electron chi connectivity index (χ3n) is 20.9. The minimum atomic E-state index is -5.00. The Kier molecular flexibility index (Phi) is 37.9. The minimum Gasteiger partial charge on any atom is -0.508 e. The van der Waals surface area contributed by atoms with E-state index in [1.807, 2.05) is 63.1 Å². The van der Waals surface area contributed by atoms with Crippen LogP contribution in [-0.2, 0) is 105 Å².